The number of nitrogens with one attached hydrogen (secondary N) is 2. The van der Waals surface area contributed by atoms with Crippen molar-refractivity contribution < 1.29 is 4.79 Å². The Hall–Kier alpha value is -2.05. The van der Waals surface area contributed by atoms with Gasteiger partial charge in [-0.25, -0.2) is 15.1 Å². The SMILES string of the molecule is CCC(=O)Nc1ncnc2[nH]nnc12. The second-order valence-corrected chi connectivity index (χ2v) is 2.63. The summed E-state index contributed by atoms with van der Waals surface area (Å²) < 4.78 is 0. The van der Waals surface area contributed by atoms with Crippen molar-refractivity contribution in [3.05, 3.63) is 6.33 Å². The van der Waals surface area contributed by atoms with Crippen LogP contribution in [0.3, 0.4) is 0 Å². The maximum atomic E-state index is 11.1. The lowest BCUT2D eigenvalue weighted by atomic mass is 10.4. The number of carbonyl (C=O) groups is 1. The molecule has 0 fully saturated rings. The van der Waals surface area contributed by atoms with E-state index >= 15 is 0 Å². The van der Waals surface area contributed by atoms with E-state index in [0.29, 0.717) is 23.4 Å². The number of anilines is 1. The summed E-state index contributed by atoms with van der Waals surface area (Å²) in [6.45, 7) is 1.76. The molecule has 2 rings (SSSR count). The van der Waals surface area contributed by atoms with Gasteiger partial charge in [0.25, 0.3) is 0 Å². The number of amides is 1. The number of aromatic nitrogens is 5. The van der Waals surface area contributed by atoms with Gasteiger partial charge < -0.3 is 5.32 Å². The second-order valence-electron chi connectivity index (χ2n) is 2.63. The van der Waals surface area contributed by atoms with Crippen LogP contribution in [0.2, 0.25) is 0 Å². The van der Waals surface area contributed by atoms with E-state index in [1.54, 1.807) is 6.92 Å². The third-order valence-electron chi connectivity index (χ3n) is 1.71. The summed E-state index contributed by atoms with van der Waals surface area (Å²) in [5, 5.41) is 12.5. The first kappa shape index (κ1) is 8.54. The number of fused-ring (bicyclic) bond motifs is 1. The fourth-order valence-corrected chi connectivity index (χ4v) is 0.990. The van der Waals surface area contributed by atoms with Gasteiger partial charge in [-0.05, 0) is 0 Å². The maximum absolute atomic E-state index is 11.1. The van der Waals surface area contributed by atoms with Gasteiger partial charge in [0, 0.05) is 6.42 Å². The third kappa shape index (κ3) is 1.39. The van der Waals surface area contributed by atoms with E-state index in [2.05, 4.69) is 30.7 Å². The molecule has 0 aliphatic rings. The summed E-state index contributed by atoms with van der Waals surface area (Å²) in [6, 6.07) is 0. The molecule has 2 aromatic heterocycles. The third-order valence-corrected chi connectivity index (χ3v) is 1.71. The van der Waals surface area contributed by atoms with E-state index in [-0.39, 0.29) is 5.91 Å². The van der Waals surface area contributed by atoms with Crippen molar-refractivity contribution in [1.29, 1.82) is 0 Å². The van der Waals surface area contributed by atoms with Gasteiger partial charge in [0.1, 0.15) is 6.33 Å². The van der Waals surface area contributed by atoms with Crippen LogP contribution in [0.5, 0.6) is 0 Å². The molecular formula is C7H8N6O. The smallest absolute Gasteiger partial charge is 0.225 e. The molecule has 0 saturated carbocycles. The van der Waals surface area contributed by atoms with E-state index in [0.717, 1.165) is 0 Å². The molecule has 2 aromatic rings. The number of carbonyl (C=O) groups excluding carboxylic acids is 1. The van der Waals surface area contributed by atoms with Crippen LogP contribution in [0.25, 0.3) is 11.2 Å². The quantitative estimate of drug-likeness (QED) is 0.703. The average molecular weight is 192 g/mol. The van der Waals surface area contributed by atoms with Gasteiger partial charge in [-0.2, -0.15) is 0 Å². The van der Waals surface area contributed by atoms with E-state index in [9.17, 15) is 4.79 Å². The summed E-state index contributed by atoms with van der Waals surface area (Å²) >= 11 is 0. The highest BCUT2D eigenvalue weighted by molar-refractivity contribution is 5.96. The first-order valence-corrected chi connectivity index (χ1v) is 4.13. The van der Waals surface area contributed by atoms with Gasteiger partial charge in [-0.3, -0.25) is 4.79 Å². The minimum atomic E-state index is -0.118. The fraction of sp³-hybridized carbons (Fsp3) is 0.286. The zero-order valence-corrected chi connectivity index (χ0v) is 7.48. The normalized spacial score (nSPS) is 10.4. The van der Waals surface area contributed by atoms with Crippen LogP contribution < -0.4 is 5.32 Å². The lowest BCUT2D eigenvalue weighted by Gasteiger charge is -2.00. The molecule has 0 spiro atoms. The van der Waals surface area contributed by atoms with Gasteiger partial charge in [0.2, 0.25) is 5.91 Å². The van der Waals surface area contributed by atoms with Crippen molar-refractivity contribution in [3.63, 3.8) is 0 Å². The number of rotatable bonds is 2. The summed E-state index contributed by atoms with van der Waals surface area (Å²) in [4.78, 5) is 18.9. The lowest BCUT2D eigenvalue weighted by Crippen LogP contribution is -2.11. The largest absolute Gasteiger partial charge is 0.309 e. The Morgan fingerprint density at radius 2 is 2.43 bits per heavy atom. The topological polar surface area (TPSA) is 96.5 Å². The lowest BCUT2D eigenvalue weighted by molar-refractivity contribution is -0.115. The molecule has 0 bridgehead atoms. The van der Waals surface area contributed by atoms with Crippen LogP contribution in [0.15, 0.2) is 6.33 Å². The van der Waals surface area contributed by atoms with Crippen molar-refractivity contribution in [2.75, 3.05) is 5.32 Å². The monoisotopic (exact) mass is 192 g/mol. The molecule has 0 saturated heterocycles. The molecule has 0 aliphatic heterocycles. The molecule has 2 N–H and O–H groups in total. The molecule has 7 nitrogen and oxygen atoms in total. The Morgan fingerprint density at radius 1 is 1.57 bits per heavy atom. The molecule has 14 heavy (non-hydrogen) atoms. The van der Waals surface area contributed by atoms with Crippen molar-refractivity contribution in [2.45, 2.75) is 13.3 Å². The predicted molar refractivity (Wildman–Crippen MR) is 48.4 cm³/mol. The zero-order valence-electron chi connectivity index (χ0n) is 7.48. The van der Waals surface area contributed by atoms with Gasteiger partial charge in [0.15, 0.2) is 17.0 Å². The van der Waals surface area contributed by atoms with Gasteiger partial charge in [-0.15, -0.1) is 5.10 Å². The molecule has 0 unspecified atom stereocenters. The summed E-state index contributed by atoms with van der Waals surface area (Å²) in [7, 11) is 0. The summed E-state index contributed by atoms with van der Waals surface area (Å²) in [5.41, 5.74) is 0.973. The number of hydrogen-bond acceptors (Lipinski definition) is 5. The minimum Gasteiger partial charge on any atom is -0.309 e. The first-order chi connectivity index (χ1) is 6.81. The Labute approximate surface area is 78.9 Å². The van der Waals surface area contributed by atoms with Crippen LogP contribution in [-0.4, -0.2) is 31.3 Å². The number of hydrogen-bond donors (Lipinski definition) is 2. The van der Waals surface area contributed by atoms with Crippen LogP contribution in [-0.2, 0) is 4.79 Å². The Balaban J connectivity index is 2.41. The van der Waals surface area contributed by atoms with E-state index < -0.39 is 0 Å². The van der Waals surface area contributed by atoms with E-state index in [1.807, 2.05) is 0 Å². The summed E-state index contributed by atoms with van der Waals surface area (Å²) in [5.74, 6) is 0.267. The molecule has 7 heteroatoms. The average Bonchev–Trinajstić information content (AvgIpc) is 2.66. The van der Waals surface area contributed by atoms with Gasteiger partial charge in [0.05, 0.1) is 0 Å². The minimum absolute atomic E-state index is 0.118. The molecule has 72 valence electrons. The van der Waals surface area contributed by atoms with Crippen molar-refractivity contribution in [3.8, 4) is 0 Å². The number of aromatic amines is 1. The highest BCUT2D eigenvalue weighted by atomic mass is 16.1. The highest BCUT2D eigenvalue weighted by Crippen LogP contribution is 2.12. The van der Waals surface area contributed by atoms with Crippen molar-refractivity contribution in [2.24, 2.45) is 0 Å². The fourth-order valence-electron chi connectivity index (χ4n) is 0.990. The zero-order chi connectivity index (χ0) is 9.97. The Morgan fingerprint density at radius 3 is 3.21 bits per heavy atom. The van der Waals surface area contributed by atoms with Gasteiger partial charge >= 0.3 is 0 Å². The maximum Gasteiger partial charge on any atom is 0.225 e. The Kier molecular flexibility index (Phi) is 2.05. The molecule has 1 amide bonds. The van der Waals surface area contributed by atoms with Crippen LogP contribution >= 0.6 is 0 Å². The van der Waals surface area contributed by atoms with E-state index in [1.165, 1.54) is 6.33 Å². The first-order valence-electron chi connectivity index (χ1n) is 4.13. The van der Waals surface area contributed by atoms with Crippen LogP contribution in [0, 0.1) is 0 Å². The van der Waals surface area contributed by atoms with Crippen molar-refractivity contribution in [1.82, 2.24) is 25.4 Å². The highest BCUT2D eigenvalue weighted by Gasteiger charge is 2.08. The molecular weight excluding hydrogens is 184 g/mol. The summed E-state index contributed by atoms with van der Waals surface area (Å²) in [6.07, 6.45) is 1.73. The molecule has 2 heterocycles. The molecule has 0 radical (unpaired) electrons. The van der Waals surface area contributed by atoms with Crippen LogP contribution in [0.1, 0.15) is 13.3 Å². The molecule has 0 aromatic carbocycles. The van der Waals surface area contributed by atoms with Crippen LogP contribution in [0.4, 0.5) is 5.82 Å². The number of nitrogens with zero attached hydrogens (tertiary/aromatic N) is 4. The van der Waals surface area contributed by atoms with E-state index in [4.69, 9.17) is 0 Å². The molecule has 0 aliphatic carbocycles. The predicted octanol–water partition coefficient (Wildman–Crippen LogP) is 0.0964. The second kappa shape index (κ2) is 3.36. The Bertz CT molecular complexity index is 464. The molecule has 0 atom stereocenters. The van der Waals surface area contributed by atoms with Crippen molar-refractivity contribution >= 4 is 22.9 Å². The van der Waals surface area contributed by atoms with Gasteiger partial charge in [-0.1, -0.05) is 12.1 Å². The standard InChI is InChI=1S/C7H8N6O/c1-2-4(14)10-6-5-7(9-3-8-6)12-13-11-5/h3H,2H2,1H3,(H2,8,9,10,11,12,13,14). The number of H-pyrrole nitrogens is 1.